The molecule has 114 valence electrons. The molecule has 0 spiro atoms. The average Bonchev–Trinajstić information content (AvgIpc) is 2.46. The lowest BCUT2D eigenvalue weighted by Gasteiger charge is -2.11. The molecule has 0 saturated heterocycles. The second-order valence-electron chi connectivity index (χ2n) is 5.60. The zero-order valence-electron chi connectivity index (χ0n) is 13.4. The molecule has 0 amide bonds. The molecule has 0 aliphatic rings. The van der Waals surface area contributed by atoms with Crippen molar-refractivity contribution in [2.75, 3.05) is 26.4 Å². The van der Waals surface area contributed by atoms with Crippen LogP contribution in [-0.2, 0) is 4.74 Å². The van der Waals surface area contributed by atoms with Crippen LogP contribution in [0.5, 0.6) is 5.75 Å². The first kappa shape index (κ1) is 17.0. The van der Waals surface area contributed by atoms with Crippen molar-refractivity contribution in [3.05, 3.63) is 29.8 Å². The van der Waals surface area contributed by atoms with Crippen LogP contribution in [0.2, 0.25) is 0 Å². The SMILES string of the molecule is CC[C@@H](C)[NH2+]CCOCCOc1cccc(C(C)C)c1. The van der Waals surface area contributed by atoms with Crippen LogP contribution in [0.25, 0.3) is 0 Å². The molecule has 0 saturated carbocycles. The molecule has 0 unspecified atom stereocenters. The Bertz CT molecular complexity index is 366. The van der Waals surface area contributed by atoms with Crippen LogP contribution in [0.4, 0.5) is 0 Å². The quantitative estimate of drug-likeness (QED) is 0.669. The second kappa shape index (κ2) is 9.78. The smallest absolute Gasteiger partial charge is 0.119 e. The van der Waals surface area contributed by atoms with Gasteiger partial charge in [0.2, 0.25) is 0 Å². The number of hydrogen-bond donors (Lipinski definition) is 1. The highest BCUT2D eigenvalue weighted by atomic mass is 16.5. The first-order valence-corrected chi connectivity index (χ1v) is 7.77. The highest BCUT2D eigenvalue weighted by Crippen LogP contribution is 2.19. The predicted octanol–water partition coefficient (Wildman–Crippen LogP) is 2.57. The lowest BCUT2D eigenvalue weighted by Crippen LogP contribution is -2.90. The molecular formula is C17H30NO2+. The molecule has 0 radical (unpaired) electrons. The molecule has 3 heteroatoms. The van der Waals surface area contributed by atoms with Crippen LogP contribution in [-0.4, -0.2) is 32.4 Å². The van der Waals surface area contributed by atoms with Gasteiger partial charge in [0.25, 0.3) is 0 Å². The van der Waals surface area contributed by atoms with Crippen molar-refractivity contribution >= 4 is 0 Å². The van der Waals surface area contributed by atoms with Gasteiger partial charge >= 0.3 is 0 Å². The largest absolute Gasteiger partial charge is 0.491 e. The van der Waals surface area contributed by atoms with Gasteiger partial charge < -0.3 is 14.8 Å². The molecule has 1 rings (SSSR count). The average molecular weight is 280 g/mol. The fraction of sp³-hybridized carbons (Fsp3) is 0.647. The van der Waals surface area contributed by atoms with E-state index in [0.717, 1.165) is 18.9 Å². The van der Waals surface area contributed by atoms with Gasteiger partial charge in [-0.1, -0.05) is 32.9 Å². The van der Waals surface area contributed by atoms with Gasteiger partial charge in [0.1, 0.15) is 12.4 Å². The summed E-state index contributed by atoms with van der Waals surface area (Å²) in [6.07, 6.45) is 1.20. The molecule has 3 nitrogen and oxygen atoms in total. The molecule has 1 aromatic rings. The molecule has 0 aromatic heterocycles. The van der Waals surface area contributed by atoms with Gasteiger partial charge in [-0.2, -0.15) is 0 Å². The minimum Gasteiger partial charge on any atom is -0.491 e. The lowest BCUT2D eigenvalue weighted by atomic mass is 10.0. The van der Waals surface area contributed by atoms with Gasteiger partial charge in [-0.3, -0.25) is 0 Å². The van der Waals surface area contributed by atoms with Crippen molar-refractivity contribution in [2.45, 2.75) is 46.1 Å². The summed E-state index contributed by atoms with van der Waals surface area (Å²) in [5.74, 6) is 1.47. The van der Waals surface area contributed by atoms with Crippen molar-refractivity contribution in [1.29, 1.82) is 0 Å². The van der Waals surface area contributed by atoms with Gasteiger partial charge in [-0.05, 0) is 37.0 Å². The Hall–Kier alpha value is -1.06. The molecule has 0 heterocycles. The van der Waals surface area contributed by atoms with E-state index in [-0.39, 0.29) is 0 Å². The molecule has 1 aromatic carbocycles. The summed E-state index contributed by atoms with van der Waals surface area (Å²) in [5, 5.41) is 2.33. The number of hydrogen-bond acceptors (Lipinski definition) is 2. The maximum atomic E-state index is 5.71. The third-order valence-electron chi connectivity index (χ3n) is 3.50. The molecule has 0 fully saturated rings. The number of nitrogens with two attached hydrogens (primary N) is 1. The van der Waals surface area contributed by atoms with Crippen molar-refractivity contribution in [2.24, 2.45) is 0 Å². The summed E-state index contributed by atoms with van der Waals surface area (Å²) in [7, 11) is 0. The predicted molar refractivity (Wildman–Crippen MR) is 83.4 cm³/mol. The number of rotatable bonds is 10. The molecule has 0 bridgehead atoms. The first-order valence-electron chi connectivity index (χ1n) is 7.77. The molecule has 0 aliphatic heterocycles. The minimum absolute atomic E-state index is 0.533. The lowest BCUT2D eigenvalue weighted by molar-refractivity contribution is -0.687. The molecular weight excluding hydrogens is 250 g/mol. The minimum atomic E-state index is 0.533. The maximum Gasteiger partial charge on any atom is 0.119 e. The summed E-state index contributed by atoms with van der Waals surface area (Å²) in [4.78, 5) is 0. The van der Waals surface area contributed by atoms with Crippen molar-refractivity contribution < 1.29 is 14.8 Å². The summed E-state index contributed by atoms with van der Waals surface area (Å²) < 4.78 is 11.3. The Kier molecular flexibility index (Phi) is 8.31. The number of quaternary nitrogens is 1. The van der Waals surface area contributed by atoms with E-state index in [9.17, 15) is 0 Å². The van der Waals surface area contributed by atoms with Crippen LogP contribution < -0.4 is 10.1 Å². The summed E-state index contributed by atoms with van der Waals surface area (Å²) in [6, 6.07) is 8.99. The highest BCUT2D eigenvalue weighted by molar-refractivity contribution is 5.30. The third kappa shape index (κ3) is 6.92. The molecule has 20 heavy (non-hydrogen) atoms. The van der Waals surface area contributed by atoms with Crippen molar-refractivity contribution in [3.8, 4) is 5.75 Å². The van der Waals surface area contributed by atoms with E-state index >= 15 is 0 Å². The van der Waals surface area contributed by atoms with E-state index in [1.165, 1.54) is 12.0 Å². The van der Waals surface area contributed by atoms with E-state index in [2.05, 4.69) is 45.1 Å². The normalized spacial score (nSPS) is 12.7. The van der Waals surface area contributed by atoms with E-state index in [0.29, 0.717) is 25.2 Å². The summed E-state index contributed by atoms with van der Waals surface area (Å²) in [6.45, 7) is 11.9. The van der Waals surface area contributed by atoms with Crippen LogP contribution >= 0.6 is 0 Å². The van der Waals surface area contributed by atoms with Crippen molar-refractivity contribution in [3.63, 3.8) is 0 Å². The van der Waals surface area contributed by atoms with Gasteiger partial charge in [0.15, 0.2) is 0 Å². The topological polar surface area (TPSA) is 35.1 Å². The fourth-order valence-electron chi connectivity index (χ4n) is 1.89. The highest BCUT2D eigenvalue weighted by Gasteiger charge is 2.02. The van der Waals surface area contributed by atoms with Crippen LogP contribution in [0.1, 0.15) is 45.6 Å². The Morgan fingerprint density at radius 3 is 2.60 bits per heavy atom. The van der Waals surface area contributed by atoms with E-state index in [1.54, 1.807) is 0 Å². The number of ether oxygens (including phenoxy) is 2. The Balaban J connectivity index is 2.11. The van der Waals surface area contributed by atoms with Crippen molar-refractivity contribution in [1.82, 2.24) is 0 Å². The summed E-state index contributed by atoms with van der Waals surface area (Å²) >= 11 is 0. The maximum absolute atomic E-state index is 5.71. The Labute approximate surface area is 123 Å². The van der Waals surface area contributed by atoms with Crippen LogP contribution in [0, 0.1) is 0 Å². The molecule has 0 aliphatic carbocycles. The van der Waals surface area contributed by atoms with Gasteiger partial charge in [-0.25, -0.2) is 0 Å². The second-order valence-corrected chi connectivity index (χ2v) is 5.60. The fourth-order valence-corrected chi connectivity index (χ4v) is 1.89. The van der Waals surface area contributed by atoms with Gasteiger partial charge in [-0.15, -0.1) is 0 Å². The molecule has 1 atom stereocenters. The van der Waals surface area contributed by atoms with Crippen LogP contribution in [0.15, 0.2) is 24.3 Å². The van der Waals surface area contributed by atoms with E-state index < -0.39 is 0 Å². The Morgan fingerprint density at radius 2 is 1.90 bits per heavy atom. The van der Waals surface area contributed by atoms with E-state index in [1.807, 2.05) is 12.1 Å². The monoisotopic (exact) mass is 280 g/mol. The Morgan fingerprint density at radius 1 is 1.10 bits per heavy atom. The standard InChI is InChI=1S/C17H29NO2/c1-5-15(4)18-9-10-19-11-12-20-17-8-6-7-16(13-17)14(2)3/h6-8,13-15,18H,5,9-12H2,1-4H3/p+1/t15-/m1/s1. The molecule has 2 N–H and O–H groups in total. The first-order chi connectivity index (χ1) is 9.63. The third-order valence-corrected chi connectivity index (χ3v) is 3.50. The summed E-state index contributed by atoms with van der Waals surface area (Å²) in [5.41, 5.74) is 1.31. The zero-order valence-corrected chi connectivity index (χ0v) is 13.4. The zero-order chi connectivity index (χ0) is 14.8. The number of benzene rings is 1. The van der Waals surface area contributed by atoms with E-state index in [4.69, 9.17) is 9.47 Å². The van der Waals surface area contributed by atoms with Gasteiger partial charge in [0.05, 0.1) is 25.8 Å². The van der Waals surface area contributed by atoms with Crippen LogP contribution in [0.3, 0.4) is 0 Å². The van der Waals surface area contributed by atoms with Gasteiger partial charge in [0, 0.05) is 0 Å².